The molecule has 1 atom stereocenters. The van der Waals surface area contributed by atoms with Crippen LogP contribution in [0.5, 0.6) is 5.75 Å². The minimum absolute atomic E-state index is 0.0111. The first-order chi connectivity index (χ1) is 10.1. The van der Waals surface area contributed by atoms with E-state index in [1.807, 2.05) is 19.1 Å². The number of rotatable bonds is 3. The van der Waals surface area contributed by atoms with Crippen molar-refractivity contribution in [3.05, 3.63) is 29.3 Å². The van der Waals surface area contributed by atoms with Crippen LogP contribution in [-0.4, -0.2) is 37.3 Å². The van der Waals surface area contributed by atoms with Crippen molar-refractivity contribution < 1.29 is 14.3 Å². The summed E-state index contributed by atoms with van der Waals surface area (Å²) in [5.74, 6) is 0.113. The molecule has 3 rings (SSSR count). The number of primary amides is 1. The molecule has 5 nitrogen and oxygen atoms in total. The first kappa shape index (κ1) is 14.4. The third kappa shape index (κ3) is 3.04. The van der Waals surface area contributed by atoms with Gasteiger partial charge in [0.25, 0.3) is 5.91 Å². The van der Waals surface area contributed by atoms with Gasteiger partial charge in [-0.1, -0.05) is 6.07 Å². The molecule has 0 aliphatic carbocycles. The highest BCUT2D eigenvalue weighted by Crippen LogP contribution is 2.36. The van der Waals surface area contributed by atoms with Gasteiger partial charge in [0.2, 0.25) is 0 Å². The number of nitrogens with one attached hydrogen (secondary N) is 1. The zero-order valence-electron chi connectivity index (χ0n) is 12.4. The highest BCUT2D eigenvalue weighted by atomic mass is 16.6. The lowest BCUT2D eigenvalue weighted by Crippen LogP contribution is -2.41. The predicted octanol–water partition coefficient (Wildman–Crippen LogP) is 1.38. The first-order valence-electron chi connectivity index (χ1n) is 7.50. The lowest BCUT2D eigenvalue weighted by molar-refractivity contribution is -0.0205. The van der Waals surface area contributed by atoms with E-state index in [2.05, 4.69) is 5.32 Å². The van der Waals surface area contributed by atoms with Gasteiger partial charge < -0.3 is 20.5 Å². The van der Waals surface area contributed by atoms with Gasteiger partial charge in [-0.3, -0.25) is 4.79 Å². The fraction of sp³-hybridized carbons (Fsp3) is 0.562. The van der Waals surface area contributed by atoms with Crippen LogP contribution >= 0.6 is 0 Å². The van der Waals surface area contributed by atoms with Gasteiger partial charge >= 0.3 is 0 Å². The first-order valence-corrected chi connectivity index (χ1v) is 7.50. The lowest BCUT2D eigenvalue weighted by atomic mass is 9.89. The minimum Gasteiger partial charge on any atom is -0.487 e. The van der Waals surface area contributed by atoms with Crippen molar-refractivity contribution in [2.24, 2.45) is 5.73 Å². The smallest absolute Gasteiger partial charge is 0.252 e. The van der Waals surface area contributed by atoms with E-state index in [-0.39, 0.29) is 11.7 Å². The molecule has 2 aliphatic heterocycles. The van der Waals surface area contributed by atoms with Crippen LogP contribution in [0.2, 0.25) is 0 Å². The van der Waals surface area contributed by atoms with Crippen LogP contribution < -0.4 is 15.8 Å². The van der Waals surface area contributed by atoms with E-state index in [9.17, 15) is 4.79 Å². The lowest BCUT2D eigenvalue weighted by Gasteiger charge is -2.32. The van der Waals surface area contributed by atoms with E-state index in [0.717, 1.165) is 37.9 Å². The van der Waals surface area contributed by atoms with Crippen molar-refractivity contribution in [2.75, 3.05) is 19.7 Å². The van der Waals surface area contributed by atoms with Crippen molar-refractivity contribution in [3.63, 3.8) is 0 Å². The normalized spacial score (nSPS) is 24.1. The molecule has 1 amide bonds. The van der Waals surface area contributed by atoms with E-state index < -0.39 is 5.91 Å². The number of hydrogen-bond donors (Lipinski definition) is 2. The predicted molar refractivity (Wildman–Crippen MR) is 79.5 cm³/mol. The Morgan fingerprint density at radius 2 is 2.19 bits per heavy atom. The third-order valence-electron chi connectivity index (χ3n) is 4.39. The van der Waals surface area contributed by atoms with Crippen LogP contribution in [0.4, 0.5) is 0 Å². The van der Waals surface area contributed by atoms with Crippen LogP contribution in [-0.2, 0) is 4.74 Å². The summed E-state index contributed by atoms with van der Waals surface area (Å²) in [5.41, 5.74) is 6.85. The van der Waals surface area contributed by atoms with Gasteiger partial charge in [0.15, 0.2) is 0 Å². The molecule has 1 unspecified atom stereocenters. The maximum Gasteiger partial charge on any atom is 0.252 e. The van der Waals surface area contributed by atoms with E-state index in [1.54, 1.807) is 6.07 Å². The molecule has 3 N–H and O–H groups in total. The van der Waals surface area contributed by atoms with E-state index in [0.29, 0.717) is 17.9 Å². The summed E-state index contributed by atoms with van der Waals surface area (Å²) in [6.07, 6.45) is 2.90. The van der Waals surface area contributed by atoms with Gasteiger partial charge in [-0.05, 0) is 50.6 Å². The Morgan fingerprint density at radius 1 is 1.43 bits per heavy atom. The molecule has 1 aromatic rings. The van der Waals surface area contributed by atoms with Gasteiger partial charge in [0.05, 0.1) is 17.8 Å². The highest BCUT2D eigenvalue weighted by molar-refractivity contribution is 5.95. The molecule has 0 bridgehead atoms. The van der Waals surface area contributed by atoms with Gasteiger partial charge in [-0.15, -0.1) is 0 Å². The molecule has 1 spiro atoms. The summed E-state index contributed by atoms with van der Waals surface area (Å²) in [4.78, 5) is 11.5. The molecular formula is C16H22N2O3. The Morgan fingerprint density at radius 3 is 2.90 bits per heavy atom. The average molecular weight is 290 g/mol. The van der Waals surface area contributed by atoms with Crippen LogP contribution in [0.25, 0.3) is 0 Å². The SMILES string of the molecule is Cc1ccc(C(N)=O)c(OC2COC3(CCNCC3)C2)c1. The van der Waals surface area contributed by atoms with Gasteiger partial charge in [0.1, 0.15) is 11.9 Å². The number of aryl methyl sites for hydroxylation is 1. The fourth-order valence-corrected chi connectivity index (χ4v) is 3.22. The maximum absolute atomic E-state index is 11.5. The highest BCUT2D eigenvalue weighted by Gasteiger charge is 2.42. The molecule has 2 aliphatic rings. The number of benzene rings is 1. The number of hydrogen-bond acceptors (Lipinski definition) is 4. The molecule has 2 saturated heterocycles. The largest absolute Gasteiger partial charge is 0.487 e. The van der Waals surface area contributed by atoms with Crippen molar-refractivity contribution in [3.8, 4) is 5.75 Å². The minimum atomic E-state index is -0.458. The molecule has 0 saturated carbocycles. The topological polar surface area (TPSA) is 73.6 Å². The van der Waals surface area contributed by atoms with Crippen LogP contribution in [0.15, 0.2) is 18.2 Å². The number of piperidine rings is 1. The zero-order chi connectivity index (χ0) is 14.9. The molecular weight excluding hydrogens is 268 g/mol. The third-order valence-corrected chi connectivity index (χ3v) is 4.39. The van der Waals surface area contributed by atoms with E-state index in [1.165, 1.54) is 0 Å². The number of nitrogens with two attached hydrogens (primary N) is 1. The Labute approximate surface area is 124 Å². The van der Waals surface area contributed by atoms with Crippen molar-refractivity contribution in [1.82, 2.24) is 5.32 Å². The van der Waals surface area contributed by atoms with E-state index in [4.69, 9.17) is 15.2 Å². The van der Waals surface area contributed by atoms with Crippen molar-refractivity contribution in [1.29, 1.82) is 0 Å². The average Bonchev–Trinajstić information content (AvgIpc) is 2.82. The summed E-state index contributed by atoms with van der Waals surface area (Å²) in [6, 6.07) is 5.46. The number of carbonyl (C=O) groups excluding carboxylic acids is 1. The van der Waals surface area contributed by atoms with Gasteiger partial charge in [-0.25, -0.2) is 0 Å². The summed E-state index contributed by atoms with van der Waals surface area (Å²) in [5, 5.41) is 3.35. The fourth-order valence-electron chi connectivity index (χ4n) is 3.22. The van der Waals surface area contributed by atoms with Crippen LogP contribution in [0, 0.1) is 6.92 Å². The molecule has 2 heterocycles. The summed E-state index contributed by atoms with van der Waals surface area (Å²) >= 11 is 0. The van der Waals surface area contributed by atoms with Gasteiger partial charge in [-0.2, -0.15) is 0 Å². The quantitative estimate of drug-likeness (QED) is 0.882. The molecule has 0 aromatic heterocycles. The number of ether oxygens (including phenoxy) is 2. The molecule has 2 fully saturated rings. The summed E-state index contributed by atoms with van der Waals surface area (Å²) in [6.45, 7) is 4.52. The Balaban J connectivity index is 1.73. The Kier molecular flexibility index (Phi) is 3.87. The van der Waals surface area contributed by atoms with E-state index >= 15 is 0 Å². The van der Waals surface area contributed by atoms with Crippen LogP contribution in [0.1, 0.15) is 35.2 Å². The number of amides is 1. The Bertz CT molecular complexity index is 538. The molecule has 21 heavy (non-hydrogen) atoms. The second-order valence-corrected chi connectivity index (χ2v) is 6.05. The monoisotopic (exact) mass is 290 g/mol. The number of carbonyl (C=O) groups is 1. The summed E-state index contributed by atoms with van der Waals surface area (Å²) < 4.78 is 12.0. The standard InChI is InChI=1S/C16H22N2O3/c1-11-2-3-13(15(17)19)14(8-11)21-12-9-16(20-10-12)4-6-18-7-5-16/h2-3,8,12,18H,4-7,9-10H2,1H3,(H2,17,19). The van der Waals surface area contributed by atoms with Gasteiger partial charge in [0, 0.05) is 6.42 Å². The molecule has 5 heteroatoms. The maximum atomic E-state index is 11.5. The summed E-state index contributed by atoms with van der Waals surface area (Å²) in [7, 11) is 0. The molecule has 1 aromatic carbocycles. The van der Waals surface area contributed by atoms with Crippen molar-refractivity contribution in [2.45, 2.75) is 37.9 Å². The second-order valence-electron chi connectivity index (χ2n) is 6.05. The van der Waals surface area contributed by atoms with Crippen molar-refractivity contribution >= 4 is 5.91 Å². The Hall–Kier alpha value is -1.59. The molecule has 114 valence electrons. The van der Waals surface area contributed by atoms with Crippen LogP contribution in [0.3, 0.4) is 0 Å². The zero-order valence-corrected chi connectivity index (χ0v) is 12.4. The molecule has 0 radical (unpaired) electrons. The second kappa shape index (κ2) is 5.66.